The van der Waals surface area contributed by atoms with Crippen LogP contribution in [0.3, 0.4) is 0 Å². The van der Waals surface area contributed by atoms with Gasteiger partial charge in [-0.25, -0.2) is 0 Å². The third-order valence-corrected chi connectivity index (χ3v) is 1.79. The first-order valence-corrected chi connectivity index (χ1v) is 4.19. The van der Waals surface area contributed by atoms with Crippen LogP contribution in [0.5, 0.6) is 0 Å². The van der Waals surface area contributed by atoms with E-state index in [1.165, 1.54) is 0 Å². The largest absolute Gasteiger partial charge is 0.298 e. The van der Waals surface area contributed by atoms with Crippen LogP contribution in [0.2, 0.25) is 0 Å². The molecule has 0 aliphatic rings. The average Bonchev–Trinajstić information content (AvgIpc) is 2.19. The molecule has 0 N–H and O–H groups in total. The van der Waals surface area contributed by atoms with Crippen molar-refractivity contribution in [2.45, 2.75) is 6.42 Å². The molecule has 1 heteroatoms. The Morgan fingerprint density at radius 1 is 1.31 bits per heavy atom. The second-order valence-electron chi connectivity index (χ2n) is 2.68. The van der Waals surface area contributed by atoms with Gasteiger partial charge in [0.05, 0.1) is 0 Å². The van der Waals surface area contributed by atoms with Gasteiger partial charge in [-0.15, -0.1) is 0 Å². The lowest BCUT2D eigenvalue weighted by Gasteiger charge is -1.98. The van der Waals surface area contributed by atoms with E-state index in [0.29, 0.717) is 0 Å². The number of hydrogen-bond donors (Lipinski definition) is 0. The van der Waals surface area contributed by atoms with Gasteiger partial charge in [0, 0.05) is 5.56 Å². The number of aldehydes is 1. The molecule has 0 atom stereocenters. The Hall–Kier alpha value is -1.63. The fraction of sp³-hybridized carbons (Fsp3) is 0.0833. The van der Waals surface area contributed by atoms with Crippen molar-refractivity contribution in [1.29, 1.82) is 0 Å². The van der Waals surface area contributed by atoms with Crippen LogP contribution >= 0.6 is 0 Å². The average molecular weight is 172 g/mol. The molecular formula is C12H12O. The first-order valence-electron chi connectivity index (χ1n) is 4.19. The third-order valence-electron chi connectivity index (χ3n) is 1.79. The van der Waals surface area contributed by atoms with Gasteiger partial charge >= 0.3 is 0 Å². The van der Waals surface area contributed by atoms with E-state index in [2.05, 4.69) is 6.58 Å². The number of hydrogen-bond acceptors (Lipinski definition) is 1. The summed E-state index contributed by atoms with van der Waals surface area (Å²) in [5.41, 5.74) is 1.81. The van der Waals surface area contributed by atoms with Gasteiger partial charge in [0.1, 0.15) is 6.29 Å². The van der Waals surface area contributed by atoms with Gasteiger partial charge in [0.15, 0.2) is 0 Å². The summed E-state index contributed by atoms with van der Waals surface area (Å²) in [6, 6.07) is 7.58. The normalized spacial score (nSPS) is 10.2. The number of carbonyl (C=O) groups excluding carboxylic acids is 1. The monoisotopic (exact) mass is 172 g/mol. The highest BCUT2D eigenvalue weighted by atomic mass is 16.1. The lowest BCUT2D eigenvalue weighted by Crippen LogP contribution is -1.89. The van der Waals surface area contributed by atoms with E-state index >= 15 is 0 Å². The zero-order valence-corrected chi connectivity index (χ0v) is 7.44. The van der Waals surface area contributed by atoms with Crippen LogP contribution in [0.1, 0.15) is 15.9 Å². The predicted molar refractivity (Wildman–Crippen MR) is 54.9 cm³/mol. The maximum absolute atomic E-state index is 10.6. The van der Waals surface area contributed by atoms with Crippen molar-refractivity contribution >= 4 is 6.29 Å². The number of allylic oxidation sites excluding steroid dienone is 3. The van der Waals surface area contributed by atoms with Crippen molar-refractivity contribution in [2.75, 3.05) is 0 Å². The Kier molecular flexibility index (Phi) is 3.71. The van der Waals surface area contributed by atoms with E-state index < -0.39 is 0 Å². The lowest BCUT2D eigenvalue weighted by atomic mass is 10.1. The molecule has 0 saturated carbocycles. The fourth-order valence-electron chi connectivity index (χ4n) is 1.13. The molecule has 0 heterocycles. The smallest absolute Gasteiger partial charge is 0.150 e. The second kappa shape index (κ2) is 5.09. The second-order valence-corrected chi connectivity index (χ2v) is 2.68. The Morgan fingerprint density at radius 3 is 2.77 bits per heavy atom. The molecule has 0 saturated heterocycles. The number of carbonyl (C=O) groups is 1. The van der Waals surface area contributed by atoms with Gasteiger partial charge in [0.25, 0.3) is 0 Å². The van der Waals surface area contributed by atoms with Crippen LogP contribution in [0, 0.1) is 0 Å². The predicted octanol–water partition coefficient (Wildman–Crippen LogP) is 2.78. The standard InChI is InChI=1S/C12H12O/c1-2-3-4-7-11-8-5-6-9-12(11)10-13/h2-6,8-10H,1,7H2/b4-3+. The van der Waals surface area contributed by atoms with Crippen molar-refractivity contribution in [3.05, 3.63) is 60.2 Å². The van der Waals surface area contributed by atoms with Crippen LogP contribution in [-0.4, -0.2) is 6.29 Å². The Bertz CT molecular complexity index is 324. The highest BCUT2D eigenvalue weighted by Crippen LogP contribution is 2.07. The minimum Gasteiger partial charge on any atom is -0.298 e. The molecule has 1 rings (SSSR count). The maximum Gasteiger partial charge on any atom is 0.150 e. The summed E-state index contributed by atoms with van der Waals surface area (Å²) in [7, 11) is 0. The molecule has 66 valence electrons. The van der Waals surface area contributed by atoms with Gasteiger partial charge in [-0.1, -0.05) is 49.1 Å². The minimum absolute atomic E-state index is 0.760. The molecule has 0 unspecified atom stereocenters. The van der Waals surface area contributed by atoms with Gasteiger partial charge in [0.2, 0.25) is 0 Å². The quantitative estimate of drug-likeness (QED) is 0.504. The first-order chi connectivity index (χ1) is 6.38. The molecule has 0 bridgehead atoms. The Labute approximate surface area is 78.4 Å². The van der Waals surface area contributed by atoms with Crippen LogP contribution in [0.4, 0.5) is 0 Å². The van der Waals surface area contributed by atoms with Gasteiger partial charge in [-0.3, -0.25) is 4.79 Å². The topological polar surface area (TPSA) is 17.1 Å². The van der Waals surface area contributed by atoms with Gasteiger partial charge in [-0.2, -0.15) is 0 Å². The fourth-order valence-corrected chi connectivity index (χ4v) is 1.13. The van der Waals surface area contributed by atoms with Crippen molar-refractivity contribution in [3.8, 4) is 0 Å². The zero-order valence-electron chi connectivity index (χ0n) is 7.44. The highest BCUT2D eigenvalue weighted by Gasteiger charge is 1.96. The van der Waals surface area contributed by atoms with E-state index in [0.717, 1.165) is 23.8 Å². The van der Waals surface area contributed by atoms with Crippen molar-refractivity contribution in [3.63, 3.8) is 0 Å². The lowest BCUT2D eigenvalue weighted by molar-refractivity contribution is 0.112. The molecule has 0 radical (unpaired) electrons. The van der Waals surface area contributed by atoms with Crippen molar-refractivity contribution < 1.29 is 4.79 Å². The van der Waals surface area contributed by atoms with Gasteiger partial charge in [-0.05, 0) is 12.0 Å². The van der Waals surface area contributed by atoms with Crippen LogP contribution in [-0.2, 0) is 6.42 Å². The third kappa shape index (κ3) is 2.71. The summed E-state index contributed by atoms with van der Waals surface area (Å²) in [6.45, 7) is 3.58. The summed E-state index contributed by atoms with van der Waals surface area (Å²) in [4.78, 5) is 10.6. The molecule has 0 spiro atoms. The van der Waals surface area contributed by atoms with Gasteiger partial charge < -0.3 is 0 Å². The number of rotatable bonds is 4. The van der Waals surface area contributed by atoms with E-state index in [-0.39, 0.29) is 0 Å². The van der Waals surface area contributed by atoms with Crippen LogP contribution in [0.15, 0.2) is 49.1 Å². The van der Waals surface area contributed by atoms with Crippen molar-refractivity contribution in [2.24, 2.45) is 0 Å². The molecule has 0 amide bonds. The molecule has 13 heavy (non-hydrogen) atoms. The molecule has 1 aromatic carbocycles. The number of benzene rings is 1. The minimum atomic E-state index is 0.760. The summed E-state index contributed by atoms with van der Waals surface area (Å²) >= 11 is 0. The molecule has 0 aliphatic carbocycles. The summed E-state index contributed by atoms with van der Waals surface area (Å²) in [5, 5.41) is 0. The highest BCUT2D eigenvalue weighted by molar-refractivity contribution is 5.77. The van der Waals surface area contributed by atoms with Crippen LogP contribution < -0.4 is 0 Å². The zero-order chi connectivity index (χ0) is 9.52. The first kappa shape index (κ1) is 9.46. The maximum atomic E-state index is 10.6. The van der Waals surface area contributed by atoms with E-state index in [4.69, 9.17) is 0 Å². The molecule has 1 aromatic rings. The molecule has 1 nitrogen and oxygen atoms in total. The molecule has 0 aliphatic heterocycles. The van der Waals surface area contributed by atoms with Crippen LogP contribution in [0.25, 0.3) is 0 Å². The summed E-state index contributed by atoms with van der Waals surface area (Å²) in [6.07, 6.45) is 7.25. The SMILES string of the molecule is C=C/C=C/Cc1ccccc1C=O. The Morgan fingerprint density at radius 2 is 2.08 bits per heavy atom. The van der Waals surface area contributed by atoms with Crippen molar-refractivity contribution in [1.82, 2.24) is 0 Å². The van der Waals surface area contributed by atoms with E-state index in [1.54, 1.807) is 6.08 Å². The summed E-state index contributed by atoms with van der Waals surface area (Å²) < 4.78 is 0. The summed E-state index contributed by atoms with van der Waals surface area (Å²) in [5.74, 6) is 0. The Balaban J connectivity index is 2.80. The van der Waals surface area contributed by atoms with E-state index in [1.807, 2.05) is 36.4 Å². The molecule has 0 aromatic heterocycles. The molecule has 0 fully saturated rings. The molecular weight excluding hydrogens is 160 g/mol. The van der Waals surface area contributed by atoms with E-state index in [9.17, 15) is 4.79 Å².